The highest BCUT2D eigenvalue weighted by Gasteiger charge is 2.06. The molecule has 1 aromatic heterocycles. The first-order valence-electron chi connectivity index (χ1n) is 7.50. The number of aromatic nitrogens is 1. The second-order valence-corrected chi connectivity index (χ2v) is 5.16. The molecule has 23 heavy (non-hydrogen) atoms. The summed E-state index contributed by atoms with van der Waals surface area (Å²) in [6.07, 6.45) is 5.92. The van der Waals surface area contributed by atoms with Gasteiger partial charge in [-0.05, 0) is 55.8 Å². The van der Waals surface area contributed by atoms with Gasteiger partial charge in [0.2, 0.25) is 0 Å². The third-order valence-electron chi connectivity index (χ3n) is 3.01. The molecule has 0 fully saturated rings. The number of benzene rings is 1. The first kappa shape index (κ1) is 18.6. The maximum atomic E-state index is 9.21. The van der Waals surface area contributed by atoms with Gasteiger partial charge in [-0.1, -0.05) is 12.1 Å². The van der Waals surface area contributed by atoms with E-state index in [9.17, 15) is 5.11 Å². The Hall–Kier alpha value is -2.40. The van der Waals surface area contributed by atoms with Crippen LogP contribution in [0.5, 0.6) is 11.5 Å². The van der Waals surface area contributed by atoms with Crippen molar-refractivity contribution < 1.29 is 9.84 Å². The van der Waals surface area contributed by atoms with Crippen LogP contribution < -0.4 is 10.5 Å². The van der Waals surface area contributed by atoms with Crippen molar-refractivity contribution in [2.24, 2.45) is 10.7 Å². The van der Waals surface area contributed by atoms with Gasteiger partial charge in [0.25, 0.3) is 0 Å². The van der Waals surface area contributed by atoms with E-state index in [1.165, 1.54) is 0 Å². The fourth-order valence-electron chi connectivity index (χ4n) is 1.80. The van der Waals surface area contributed by atoms with Crippen LogP contribution in [-0.4, -0.2) is 36.0 Å². The zero-order chi connectivity index (χ0) is 17.1. The lowest BCUT2D eigenvalue weighted by atomic mass is 10.1. The quantitative estimate of drug-likeness (QED) is 0.831. The first-order chi connectivity index (χ1) is 11.0. The van der Waals surface area contributed by atoms with Crippen LogP contribution in [0.25, 0.3) is 0 Å². The van der Waals surface area contributed by atoms with Crippen LogP contribution in [0, 0.1) is 6.92 Å². The van der Waals surface area contributed by atoms with E-state index >= 15 is 0 Å². The van der Waals surface area contributed by atoms with Crippen LogP contribution in [0.1, 0.15) is 18.1 Å². The number of ether oxygens (including phenoxy) is 1. The Morgan fingerprint density at radius 3 is 2.52 bits per heavy atom. The lowest BCUT2D eigenvalue weighted by Gasteiger charge is -2.13. The average Bonchev–Trinajstić information content (AvgIpc) is 2.55. The van der Waals surface area contributed by atoms with Crippen molar-refractivity contribution in [3.8, 4) is 11.5 Å². The van der Waals surface area contributed by atoms with E-state index in [4.69, 9.17) is 10.5 Å². The topological polar surface area (TPSA) is 80.7 Å². The van der Waals surface area contributed by atoms with Crippen LogP contribution in [0.2, 0.25) is 0 Å². The van der Waals surface area contributed by atoms with E-state index in [0.29, 0.717) is 13.0 Å². The van der Waals surface area contributed by atoms with Crippen molar-refractivity contribution in [3.05, 3.63) is 53.9 Å². The molecule has 5 heteroatoms. The summed E-state index contributed by atoms with van der Waals surface area (Å²) in [6.45, 7) is 4.29. The largest absolute Gasteiger partial charge is 0.508 e. The normalized spacial score (nSPS) is 11.7. The monoisotopic (exact) mass is 315 g/mol. The van der Waals surface area contributed by atoms with E-state index < -0.39 is 0 Å². The number of pyridine rings is 1. The minimum atomic E-state index is -0.0925. The van der Waals surface area contributed by atoms with E-state index in [0.717, 1.165) is 16.9 Å². The van der Waals surface area contributed by atoms with Gasteiger partial charge in [-0.15, -0.1) is 0 Å². The smallest absolute Gasteiger partial charge is 0.137 e. The van der Waals surface area contributed by atoms with E-state index in [2.05, 4.69) is 9.98 Å². The number of aliphatic imine (C=N–C) groups is 1. The van der Waals surface area contributed by atoms with Crippen LogP contribution >= 0.6 is 0 Å². The number of hydrogen-bond donors (Lipinski definition) is 2. The van der Waals surface area contributed by atoms with Gasteiger partial charge in [0.15, 0.2) is 0 Å². The average molecular weight is 315 g/mol. The molecule has 0 bridgehead atoms. The van der Waals surface area contributed by atoms with Gasteiger partial charge < -0.3 is 20.6 Å². The Morgan fingerprint density at radius 1 is 1.30 bits per heavy atom. The maximum absolute atomic E-state index is 9.21. The van der Waals surface area contributed by atoms with Crippen molar-refractivity contribution in [2.75, 3.05) is 13.7 Å². The summed E-state index contributed by atoms with van der Waals surface area (Å²) in [5, 5.41) is 9.21. The number of nitrogens with zero attached hydrogens (tertiary/aromatic N) is 2. The highest BCUT2D eigenvalue weighted by molar-refractivity contribution is 5.52. The third-order valence-corrected chi connectivity index (χ3v) is 3.01. The molecule has 0 saturated carbocycles. The van der Waals surface area contributed by atoms with E-state index in [1.54, 1.807) is 37.8 Å². The molecule has 124 valence electrons. The predicted molar refractivity (Wildman–Crippen MR) is 94.3 cm³/mol. The number of nitrogens with two attached hydrogens (primary N) is 1. The Labute approximate surface area is 137 Å². The number of phenolic OH excluding ortho intramolecular Hbond substituents is 1. The van der Waals surface area contributed by atoms with Crippen molar-refractivity contribution in [1.29, 1.82) is 0 Å². The number of phenols is 1. The molecule has 3 N–H and O–H groups in total. The summed E-state index contributed by atoms with van der Waals surface area (Å²) < 4.78 is 5.61. The van der Waals surface area contributed by atoms with Crippen molar-refractivity contribution >= 4 is 6.21 Å². The molecule has 2 aromatic rings. The molecule has 1 heterocycles. The van der Waals surface area contributed by atoms with Gasteiger partial charge in [-0.2, -0.15) is 0 Å². The summed E-state index contributed by atoms with van der Waals surface area (Å²) in [5.41, 5.74) is 8.16. The molecule has 0 radical (unpaired) electrons. The van der Waals surface area contributed by atoms with Gasteiger partial charge in [0.1, 0.15) is 18.1 Å². The molecule has 1 atom stereocenters. The predicted octanol–water partition coefficient (Wildman–Crippen LogP) is 2.75. The summed E-state index contributed by atoms with van der Waals surface area (Å²) in [6, 6.07) is 8.89. The Kier molecular flexibility index (Phi) is 8.39. The van der Waals surface area contributed by atoms with Gasteiger partial charge in [0.05, 0.1) is 6.20 Å². The van der Waals surface area contributed by atoms with Gasteiger partial charge in [0, 0.05) is 19.3 Å². The summed E-state index contributed by atoms with van der Waals surface area (Å²) in [4.78, 5) is 7.67. The molecular formula is C18H25N3O2. The fraction of sp³-hybridized carbons (Fsp3) is 0.333. The lowest BCUT2D eigenvalue weighted by Crippen LogP contribution is -2.30. The molecule has 0 amide bonds. The Bertz CT molecular complexity index is 593. The molecule has 1 aromatic carbocycles. The minimum Gasteiger partial charge on any atom is -0.508 e. The van der Waals surface area contributed by atoms with Crippen molar-refractivity contribution in [3.63, 3.8) is 0 Å². The first-order valence-corrected chi connectivity index (χ1v) is 7.50. The van der Waals surface area contributed by atoms with Gasteiger partial charge >= 0.3 is 0 Å². The van der Waals surface area contributed by atoms with Gasteiger partial charge in [-0.25, -0.2) is 0 Å². The number of hydrogen-bond acceptors (Lipinski definition) is 5. The summed E-state index contributed by atoms with van der Waals surface area (Å²) >= 11 is 0. The van der Waals surface area contributed by atoms with E-state index in [-0.39, 0.29) is 11.8 Å². The number of rotatable bonds is 5. The second kappa shape index (κ2) is 10.3. The van der Waals surface area contributed by atoms with Crippen LogP contribution in [-0.2, 0) is 6.42 Å². The van der Waals surface area contributed by atoms with Crippen LogP contribution in [0.4, 0.5) is 0 Å². The molecule has 0 aliphatic carbocycles. The van der Waals surface area contributed by atoms with Crippen molar-refractivity contribution in [2.45, 2.75) is 26.3 Å². The fourth-order valence-corrected chi connectivity index (χ4v) is 1.80. The van der Waals surface area contributed by atoms with Crippen LogP contribution in [0.3, 0.4) is 0 Å². The number of aromatic hydroxyl groups is 1. The molecule has 0 aliphatic heterocycles. The molecule has 1 unspecified atom stereocenters. The summed E-state index contributed by atoms with van der Waals surface area (Å²) in [7, 11) is 1.75. The highest BCUT2D eigenvalue weighted by Crippen LogP contribution is 2.13. The highest BCUT2D eigenvalue weighted by atomic mass is 16.5. The molecule has 0 aliphatic rings. The van der Waals surface area contributed by atoms with Crippen molar-refractivity contribution in [1.82, 2.24) is 4.98 Å². The maximum Gasteiger partial charge on any atom is 0.137 e. The minimum absolute atomic E-state index is 0.0925. The second-order valence-electron chi connectivity index (χ2n) is 5.16. The molecular weight excluding hydrogens is 290 g/mol. The zero-order valence-corrected chi connectivity index (χ0v) is 13.9. The molecule has 0 saturated heterocycles. The number of aryl methyl sites for hydroxylation is 1. The van der Waals surface area contributed by atoms with Crippen LogP contribution in [0.15, 0.2) is 47.7 Å². The Morgan fingerprint density at radius 2 is 1.96 bits per heavy atom. The van der Waals surface area contributed by atoms with E-state index in [1.807, 2.05) is 32.0 Å². The zero-order valence-electron chi connectivity index (χ0n) is 13.9. The standard InChI is InChI=1S/C15H18N2O2.C3H7N/c1-11-6-15(9-17-8-11)19-10-13(16)7-12-2-4-14(18)5-3-12;1-3-4-2/h2-6,8-9,13,18H,7,10,16H2,1H3;3H,1-2H3. The molecule has 5 nitrogen and oxygen atoms in total. The third kappa shape index (κ3) is 7.97. The summed E-state index contributed by atoms with van der Waals surface area (Å²) in [5.74, 6) is 1.00. The SMILES string of the molecule is CC=NC.Cc1cncc(OCC(N)Cc2ccc(O)cc2)c1. The van der Waals surface area contributed by atoms with Gasteiger partial charge in [-0.3, -0.25) is 4.98 Å². The Balaban J connectivity index is 0.000000593. The lowest BCUT2D eigenvalue weighted by molar-refractivity contribution is 0.286. The molecule has 2 rings (SSSR count). The molecule has 0 spiro atoms.